The van der Waals surface area contributed by atoms with Gasteiger partial charge in [-0.2, -0.15) is 0 Å². The predicted octanol–water partition coefficient (Wildman–Crippen LogP) is 6.13. The largest absolute Gasteiger partial charge is 0.349 e. The van der Waals surface area contributed by atoms with Crippen LogP contribution in [-0.2, 0) is 16.1 Å². The Labute approximate surface area is 191 Å². The van der Waals surface area contributed by atoms with E-state index in [1.807, 2.05) is 60.7 Å². The molecule has 1 heterocycles. The van der Waals surface area contributed by atoms with Gasteiger partial charge < -0.3 is 4.90 Å². The van der Waals surface area contributed by atoms with Crippen molar-refractivity contribution in [1.29, 1.82) is 0 Å². The van der Waals surface area contributed by atoms with Crippen molar-refractivity contribution in [2.24, 2.45) is 5.92 Å². The second kappa shape index (κ2) is 9.22. The molecule has 1 aliphatic heterocycles. The van der Waals surface area contributed by atoms with E-state index in [0.29, 0.717) is 17.7 Å². The molecule has 1 unspecified atom stereocenters. The first-order chi connectivity index (χ1) is 14.2. The molecule has 0 N–H and O–H groups in total. The minimum Gasteiger partial charge on any atom is -0.349 e. The molecule has 6 heteroatoms. The Kier molecular flexibility index (Phi) is 6.87. The molecule has 3 nitrogen and oxygen atoms in total. The van der Waals surface area contributed by atoms with Gasteiger partial charge in [0.1, 0.15) is 0 Å². The smallest absolute Gasteiger partial charge is 0.253 e. The Morgan fingerprint density at radius 3 is 2.00 bits per heavy atom. The molecular formula is C24H20Cl3NO2. The third kappa shape index (κ3) is 5.04. The molecule has 0 spiro atoms. The van der Waals surface area contributed by atoms with Gasteiger partial charge in [-0.05, 0) is 23.6 Å². The lowest BCUT2D eigenvalue weighted by atomic mass is 9.78. The topological polar surface area (TPSA) is 37.4 Å². The molecule has 2 aromatic carbocycles. The fourth-order valence-electron chi connectivity index (χ4n) is 3.44. The monoisotopic (exact) mass is 459 g/mol. The third-order valence-electron chi connectivity index (χ3n) is 4.86. The van der Waals surface area contributed by atoms with Crippen LogP contribution in [0.25, 0.3) is 5.57 Å². The normalized spacial score (nSPS) is 16.5. The SMILES string of the molecule is C=C(c1ccccc1)C1C(C(C)=O)=CN(Cc2ccccc2)C=C1C(=O)C(Cl)(Cl)Cl. The molecule has 0 saturated heterocycles. The number of ketones is 2. The van der Waals surface area contributed by atoms with Gasteiger partial charge >= 0.3 is 0 Å². The summed E-state index contributed by atoms with van der Waals surface area (Å²) in [4.78, 5) is 27.4. The van der Waals surface area contributed by atoms with E-state index < -0.39 is 15.5 Å². The van der Waals surface area contributed by atoms with Crippen LogP contribution < -0.4 is 0 Å². The highest BCUT2D eigenvalue weighted by atomic mass is 35.6. The van der Waals surface area contributed by atoms with Crippen molar-refractivity contribution in [3.63, 3.8) is 0 Å². The molecule has 1 aliphatic rings. The van der Waals surface area contributed by atoms with Crippen molar-refractivity contribution in [1.82, 2.24) is 4.90 Å². The highest BCUT2D eigenvalue weighted by Gasteiger charge is 2.41. The van der Waals surface area contributed by atoms with Crippen LogP contribution in [0.15, 0.2) is 90.8 Å². The molecule has 0 aromatic heterocycles. The van der Waals surface area contributed by atoms with Crippen LogP contribution in [0.2, 0.25) is 0 Å². The van der Waals surface area contributed by atoms with Crippen LogP contribution in [0.3, 0.4) is 0 Å². The maximum absolute atomic E-state index is 13.1. The molecule has 0 radical (unpaired) electrons. The fourth-order valence-corrected chi connectivity index (χ4v) is 3.77. The number of allylic oxidation sites excluding steroid dienone is 3. The molecule has 0 aliphatic carbocycles. The Morgan fingerprint density at radius 1 is 0.933 bits per heavy atom. The van der Waals surface area contributed by atoms with Gasteiger partial charge in [0.15, 0.2) is 5.78 Å². The summed E-state index contributed by atoms with van der Waals surface area (Å²) >= 11 is 17.9. The van der Waals surface area contributed by atoms with Crippen molar-refractivity contribution in [3.8, 4) is 0 Å². The zero-order valence-electron chi connectivity index (χ0n) is 16.3. The molecule has 30 heavy (non-hydrogen) atoms. The lowest BCUT2D eigenvalue weighted by Crippen LogP contribution is -2.33. The van der Waals surface area contributed by atoms with Crippen LogP contribution in [0.1, 0.15) is 18.1 Å². The van der Waals surface area contributed by atoms with Crippen molar-refractivity contribution in [2.45, 2.75) is 17.3 Å². The molecular weight excluding hydrogens is 441 g/mol. The minimum atomic E-state index is -2.15. The standard InChI is InChI=1S/C24H20Cl3NO2/c1-16(19-11-7-4-8-12-19)22-20(17(2)29)14-28(13-18-9-5-3-6-10-18)15-21(22)23(30)24(25,26)27/h3-12,14-15,22H,1,13H2,2H3. The Bertz CT molecular complexity index is 1020. The lowest BCUT2D eigenvalue weighted by Gasteiger charge is -2.33. The van der Waals surface area contributed by atoms with Gasteiger partial charge in [0.25, 0.3) is 3.79 Å². The number of hydrogen-bond donors (Lipinski definition) is 0. The summed E-state index contributed by atoms with van der Waals surface area (Å²) < 4.78 is -2.15. The summed E-state index contributed by atoms with van der Waals surface area (Å²) in [6, 6.07) is 19.0. The molecule has 0 saturated carbocycles. The number of carbonyl (C=O) groups is 2. The zero-order chi connectivity index (χ0) is 21.9. The van der Waals surface area contributed by atoms with E-state index in [9.17, 15) is 9.59 Å². The van der Waals surface area contributed by atoms with Crippen molar-refractivity contribution in [2.75, 3.05) is 0 Å². The van der Waals surface area contributed by atoms with Crippen molar-refractivity contribution in [3.05, 3.63) is 102 Å². The average molecular weight is 461 g/mol. The van der Waals surface area contributed by atoms with E-state index in [0.717, 1.165) is 11.1 Å². The van der Waals surface area contributed by atoms with Crippen LogP contribution in [-0.4, -0.2) is 20.3 Å². The zero-order valence-corrected chi connectivity index (χ0v) is 18.6. The van der Waals surface area contributed by atoms with Gasteiger partial charge in [0.05, 0.1) is 0 Å². The van der Waals surface area contributed by atoms with Crippen LogP contribution in [0, 0.1) is 5.92 Å². The summed E-state index contributed by atoms with van der Waals surface area (Å²) in [5.74, 6) is -1.57. The maximum Gasteiger partial charge on any atom is 0.253 e. The van der Waals surface area contributed by atoms with Gasteiger partial charge in [0.2, 0.25) is 5.78 Å². The summed E-state index contributed by atoms with van der Waals surface area (Å²) in [5.41, 5.74) is 3.03. The summed E-state index contributed by atoms with van der Waals surface area (Å²) in [6.07, 6.45) is 3.38. The molecule has 0 fully saturated rings. The second-order valence-corrected chi connectivity index (χ2v) is 9.32. The molecule has 1 atom stereocenters. The maximum atomic E-state index is 13.1. The van der Waals surface area contributed by atoms with Gasteiger partial charge in [-0.25, -0.2) is 0 Å². The third-order valence-corrected chi connectivity index (χ3v) is 5.37. The predicted molar refractivity (Wildman–Crippen MR) is 123 cm³/mol. The molecule has 3 rings (SSSR count). The van der Waals surface area contributed by atoms with Gasteiger partial charge in [-0.3, -0.25) is 9.59 Å². The van der Waals surface area contributed by atoms with Crippen molar-refractivity contribution >= 4 is 51.9 Å². The molecule has 154 valence electrons. The quantitative estimate of drug-likeness (QED) is 0.487. The van der Waals surface area contributed by atoms with E-state index in [-0.39, 0.29) is 11.4 Å². The number of alkyl halides is 3. The van der Waals surface area contributed by atoms with Crippen LogP contribution in [0.4, 0.5) is 0 Å². The summed E-state index contributed by atoms with van der Waals surface area (Å²) in [5, 5.41) is 0. The number of halogens is 3. The summed E-state index contributed by atoms with van der Waals surface area (Å²) in [7, 11) is 0. The first kappa shape index (κ1) is 22.4. The Hall–Kier alpha value is -2.33. The number of carbonyl (C=O) groups excluding carboxylic acids is 2. The lowest BCUT2D eigenvalue weighted by molar-refractivity contribution is -0.115. The van der Waals surface area contributed by atoms with E-state index in [2.05, 4.69) is 6.58 Å². The van der Waals surface area contributed by atoms with Crippen molar-refractivity contribution < 1.29 is 9.59 Å². The Morgan fingerprint density at radius 2 is 1.47 bits per heavy atom. The number of Topliss-reactive ketones (excluding diaryl/α,β-unsaturated/α-hetero) is 2. The highest BCUT2D eigenvalue weighted by Crippen LogP contribution is 2.42. The van der Waals surface area contributed by atoms with E-state index >= 15 is 0 Å². The van der Waals surface area contributed by atoms with Crippen LogP contribution in [0.5, 0.6) is 0 Å². The Balaban J connectivity index is 2.09. The molecule has 0 bridgehead atoms. The van der Waals surface area contributed by atoms with Gasteiger partial charge in [-0.1, -0.05) is 102 Å². The highest BCUT2D eigenvalue weighted by molar-refractivity contribution is 6.77. The first-order valence-corrected chi connectivity index (χ1v) is 10.4. The average Bonchev–Trinajstić information content (AvgIpc) is 2.72. The second-order valence-electron chi connectivity index (χ2n) is 7.03. The van der Waals surface area contributed by atoms with Gasteiger partial charge in [-0.15, -0.1) is 0 Å². The minimum absolute atomic E-state index is 0.183. The van der Waals surface area contributed by atoms with E-state index in [1.165, 1.54) is 6.92 Å². The number of benzene rings is 2. The first-order valence-electron chi connectivity index (χ1n) is 9.28. The number of nitrogens with zero attached hydrogens (tertiary/aromatic N) is 1. The number of rotatable bonds is 6. The molecule has 0 amide bonds. The number of hydrogen-bond acceptors (Lipinski definition) is 3. The molecule has 2 aromatic rings. The van der Waals surface area contributed by atoms with E-state index in [1.54, 1.807) is 17.3 Å². The summed E-state index contributed by atoms with van der Waals surface area (Å²) in [6.45, 7) is 6.09. The van der Waals surface area contributed by atoms with Gasteiger partial charge in [0, 0.05) is 36.0 Å². The van der Waals surface area contributed by atoms with E-state index in [4.69, 9.17) is 34.8 Å². The van der Waals surface area contributed by atoms with Crippen LogP contribution >= 0.6 is 34.8 Å². The fraction of sp³-hybridized carbons (Fsp3) is 0.167.